The summed E-state index contributed by atoms with van der Waals surface area (Å²) in [4.78, 5) is 26.5. The first-order chi connectivity index (χ1) is 13.8. The van der Waals surface area contributed by atoms with E-state index in [1.54, 1.807) is 24.1 Å². The summed E-state index contributed by atoms with van der Waals surface area (Å²) in [5.74, 6) is 0.206. The molecular weight excluding hydrogens is 375 g/mol. The maximum Gasteiger partial charge on any atom is 0.318 e. The van der Waals surface area contributed by atoms with Crippen molar-refractivity contribution in [2.75, 3.05) is 26.7 Å². The van der Waals surface area contributed by atoms with E-state index in [-0.39, 0.29) is 36.1 Å². The highest BCUT2D eigenvalue weighted by Crippen LogP contribution is 2.32. The van der Waals surface area contributed by atoms with Gasteiger partial charge in [-0.15, -0.1) is 0 Å². The first kappa shape index (κ1) is 22.5. The molecule has 2 rings (SSSR count). The Labute approximate surface area is 171 Å². The molecule has 1 atom stereocenters. The number of amides is 3. The minimum absolute atomic E-state index is 0.0135. The largest absolute Gasteiger partial charge is 0.497 e. The number of nitrogens with one attached hydrogen (secondary N) is 2. The average Bonchev–Trinajstić information content (AvgIpc) is 2.71. The number of carbonyl (C=O) groups is 2. The number of urea groups is 1. The van der Waals surface area contributed by atoms with Crippen LogP contribution in [0.2, 0.25) is 0 Å². The van der Waals surface area contributed by atoms with Gasteiger partial charge in [0.25, 0.3) is 0 Å². The van der Waals surface area contributed by atoms with E-state index in [1.165, 1.54) is 6.07 Å². The van der Waals surface area contributed by atoms with E-state index < -0.39 is 6.04 Å². The monoisotopic (exact) mass is 404 g/mol. The average molecular weight is 404 g/mol. The second kappa shape index (κ2) is 10.6. The number of benzene rings is 1. The van der Waals surface area contributed by atoms with Gasteiger partial charge in [-0.2, -0.15) is 5.26 Å². The van der Waals surface area contributed by atoms with Crippen molar-refractivity contribution in [2.45, 2.75) is 45.1 Å². The minimum Gasteiger partial charge on any atom is -0.497 e. The molecule has 8 heteroatoms. The number of halogens is 1. The smallest absolute Gasteiger partial charge is 0.318 e. The topological polar surface area (TPSA) is 94.5 Å². The van der Waals surface area contributed by atoms with Crippen molar-refractivity contribution >= 4 is 11.9 Å². The summed E-state index contributed by atoms with van der Waals surface area (Å²) >= 11 is 0. The molecule has 1 aliphatic heterocycles. The molecule has 0 bridgehead atoms. The SMILES string of the molecule is COc1ccc(F)c(C2CCN(C(=O)NC(CC(C)C)C(=O)NCC#N)CC2)c1. The predicted molar refractivity (Wildman–Crippen MR) is 107 cm³/mol. The molecule has 1 aliphatic rings. The van der Waals surface area contributed by atoms with Gasteiger partial charge in [0.2, 0.25) is 5.91 Å². The van der Waals surface area contributed by atoms with Crippen LogP contribution in [0.4, 0.5) is 9.18 Å². The van der Waals surface area contributed by atoms with Crippen molar-refractivity contribution in [3.8, 4) is 11.8 Å². The fraction of sp³-hybridized carbons (Fsp3) is 0.571. The van der Waals surface area contributed by atoms with Crippen LogP contribution in [0.15, 0.2) is 18.2 Å². The van der Waals surface area contributed by atoms with Crippen LogP contribution >= 0.6 is 0 Å². The van der Waals surface area contributed by atoms with Crippen molar-refractivity contribution in [3.63, 3.8) is 0 Å². The Kier molecular flexibility index (Phi) is 8.25. The van der Waals surface area contributed by atoms with E-state index in [4.69, 9.17) is 10.00 Å². The van der Waals surface area contributed by atoms with E-state index in [9.17, 15) is 14.0 Å². The summed E-state index contributed by atoms with van der Waals surface area (Å²) in [6.45, 7) is 4.78. The zero-order valence-corrected chi connectivity index (χ0v) is 17.2. The second-order valence-corrected chi connectivity index (χ2v) is 7.66. The molecule has 158 valence electrons. The van der Waals surface area contributed by atoms with Crippen LogP contribution in [0.5, 0.6) is 5.75 Å². The molecule has 0 saturated carbocycles. The van der Waals surface area contributed by atoms with E-state index in [2.05, 4.69) is 10.6 Å². The van der Waals surface area contributed by atoms with E-state index in [1.807, 2.05) is 19.9 Å². The molecule has 1 saturated heterocycles. The van der Waals surface area contributed by atoms with Gasteiger partial charge in [0.1, 0.15) is 24.2 Å². The van der Waals surface area contributed by atoms with Crippen molar-refractivity contribution in [2.24, 2.45) is 5.92 Å². The van der Waals surface area contributed by atoms with E-state index in [0.717, 1.165) is 0 Å². The molecule has 1 aromatic carbocycles. The Bertz CT molecular complexity index is 755. The molecule has 7 nitrogen and oxygen atoms in total. The fourth-order valence-corrected chi connectivity index (χ4v) is 3.55. The highest BCUT2D eigenvalue weighted by atomic mass is 19.1. The maximum absolute atomic E-state index is 14.2. The number of hydrogen-bond donors (Lipinski definition) is 2. The van der Waals surface area contributed by atoms with E-state index >= 15 is 0 Å². The number of nitriles is 1. The third-order valence-corrected chi connectivity index (χ3v) is 5.09. The van der Waals surface area contributed by atoms with Crippen molar-refractivity contribution in [3.05, 3.63) is 29.6 Å². The summed E-state index contributed by atoms with van der Waals surface area (Å²) in [5, 5.41) is 13.9. The standard InChI is InChI=1S/C21H29FN4O3/c1-14(2)12-19(20(27)24-9-8-23)25-21(28)26-10-6-15(7-11-26)17-13-16(29-3)4-5-18(17)22/h4-5,13-15,19H,6-7,9-12H2,1-3H3,(H,24,27)(H,25,28). The number of ether oxygens (including phenoxy) is 1. The Morgan fingerprint density at radius 1 is 1.34 bits per heavy atom. The quantitative estimate of drug-likeness (QED) is 0.683. The molecule has 3 amide bonds. The lowest BCUT2D eigenvalue weighted by Crippen LogP contribution is -2.53. The number of methoxy groups -OCH3 is 1. The lowest BCUT2D eigenvalue weighted by atomic mass is 9.89. The molecule has 1 aromatic rings. The van der Waals surface area contributed by atoms with Crippen LogP contribution in [0.25, 0.3) is 0 Å². The summed E-state index contributed by atoms with van der Waals surface area (Å²) in [7, 11) is 1.55. The van der Waals surface area contributed by atoms with Crippen LogP contribution in [0.3, 0.4) is 0 Å². The molecule has 1 heterocycles. The normalized spacial score (nSPS) is 15.5. The van der Waals surface area contributed by atoms with Gasteiger partial charge in [-0.3, -0.25) is 4.79 Å². The molecule has 29 heavy (non-hydrogen) atoms. The Hall–Kier alpha value is -2.82. The Balaban J connectivity index is 1.96. The number of rotatable bonds is 7. The zero-order valence-electron chi connectivity index (χ0n) is 17.2. The summed E-state index contributed by atoms with van der Waals surface area (Å²) in [5.41, 5.74) is 0.609. The van der Waals surface area contributed by atoms with Gasteiger partial charge in [0, 0.05) is 13.1 Å². The van der Waals surface area contributed by atoms with Gasteiger partial charge in [-0.25, -0.2) is 9.18 Å². The lowest BCUT2D eigenvalue weighted by Gasteiger charge is -2.33. The van der Waals surface area contributed by atoms with Crippen LogP contribution in [0, 0.1) is 23.1 Å². The number of nitrogens with zero attached hydrogens (tertiary/aromatic N) is 2. The van der Waals surface area contributed by atoms with E-state index in [0.29, 0.717) is 43.7 Å². The number of carbonyl (C=O) groups excluding carboxylic acids is 2. The Morgan fingerprint density at radius 2 is 2.03 bits per heavy atom. The van der Waals surface area contributed by atoms with Crippen molar-refractivity contribution < 1.29 is 18.7 Å². The van der Waals surface area contributed by atoms with Crippen LogP contribution in [0.1, 0.15) is 44.6 Å². The first-order valence-corrected chi connectivity index (χ1v) is 9.89. The van der Waals surface area contributed by atoms with Gasteiger partial charge in [0.15, 0.2) is 0 Å². The van der Waals surface area contributed by atoms with Gasteiger partial charge in [0.05, 0.1) is 13.2 Å². The fourth-order valence-electron chi connectivity index (χ4n) is 3.55. The minimum atomic E-state index is -0.690. The maximum atomic E-state index is 14.2. The summed E-state index contributed by atoms with van der Waals surface area (Å²) < 4.78 is 19.4. The third kappa shape index (κ3) is 6.34. The van der Waals surface area contributed by atoms with Crippen LogP contribution in [-0.2, 0) is 4.79 Å². The van der Waals surface area contributed by atoms with Crippen molar-refractivity contribution in [1.29, 1.82) is 5.26 Å². The number of hydrogen-bond acceptors (Lipinski definition) is 4. The first-order valence-electron chi connectivity index (χ1n) is 9.89. The van der Waals surface area contributed by atoms with Crippen molar-refractivity contribution in [1.82, 2.24) is 15.5 Å². The molecule has 0 aromatic heterocycles. The van der Waals surface area contributed by atoms with Gasteiger partial charge in [-0.05, 0) is 54.9 Å². The van der Waals surface area contributed by atoms with Gasteiger partial charge in [-0.1, -0.05) is 13.8 Å². The molecule has 1 fully saturated rings. The third-order valence-electron chi connectivity index (χ3n) is 5.09. The zero-order chi connectivity index (χ0) is 21.4. The highest BCUT2D eigenvalue weighted by Gasteiger charge is 2.29. The number of piperidine rings is 1. The molecule has 1 unspecified atom stereocenters. The molecule has 0 spiro atoms. The second-order valence-electron chi connectivity index (χ2n) is 7.66. The number of likely N-dealkylation sites (tertiary alicyclic amines) is 1. The molecule has 0 aliphatic carbocycles. The lowest BCUT2D eigenvalue weighted by molar-refractivity contribution is -0.123. The van der Waals surface area contributed by atoms with Gasteiger partial charge >= 0.3 is 6.03 Å². The van der Waals surface area contributed by atoms with Crippen LogP contribution in [-0.4, -0.2) is 49.6 Å². The predicted octanol–water partition coefficient (Wildman–Crippen LogP) is 2.78. The molecule has 2 N–H and O–H groups in total. The molecule has 0 radical (unpaired) electrons. The highest BCUT2D eigenvalue weighted by molar-refractivity contribution is 5.87. The summed E-state index contributed by atoms with van der Waals surface area (Å²) in [6.07, 6.45) is 1.74. The Morgan fingerprint density at radius 3 is 2.62 bits per heavy atom. The molecular formula is C21H29FN4O3. The van der Waals surface area contributed by atoms with Gasteiger partial charge < -0.3 is 20.3 Å². The van der Waals surface area contributed by atoms with Crippen LogP contribution < -0.4 is 15.4 Å². The summed E-state index contributed by atoms with van der Waals surface area (Å²) in [6, 6.07) is 5.57.